The Balaban J connectivity index is 1.95. The van der Waals surface area contributed by atoms with Gasteiger partial charge in [0.15, 0.2) is 0 Å². The first-order chi connectivity index (χ1) is 11.5. The Morgan fingerprint density at radius 2 is 1.88 bits per heavy atom. The van der Waals surface area contributed by atoms with E-state index >= 15 is 0 Å². The van der Waals surface area contributed by atoms with Crippen molar-refractivity contribution in [2.75, 3.05) is 33.8 Å². The lowest BCUT2D eigenvalue weighted by atomic mass is 9.73. The average molecular weight is 345 g/mol. The molecule has 1 aliphatic heterocycles. The zero-order valence-electron chi connectivity index (χ0n) is 14.9. The second-order valence-corrected chi connectivity index (χ2v) is 7.89. The van der Waals surface area contributed by atoms with Gasteiger partial charge in [-0.1, -0.05) is 41.9 Å². The summed E-state index contributed by atoms with van der Waals surface area (Å²) in [6.45, 7) is 5.27. The Kier molecular flexibility index (Phi) is 4.89. The maximum Gasteiger partial charge on any atom is 0.123 e. The molecule has 128 valence electrons. The van der Waals surface area contributed by atoms with Crippen LogP contribution in [-0.2, 0) is 5.41 Å². The van der Waals surface area contributed by atoms with Crippen molar-refractivity contribution < 1.29 is 9.22 Å². The van der Waals surface area contributed by atoms with Crippen molar-refractivity contribution in [2.24, 2.45) is 0 Å². The molecular formula is C21H27ClNO+. The highest BCUT2D eigenvalue weighted by atomic mass is 35.5. The third-order valence-electron chi connectivity index (χ3n) is 5.48. The summed E-state index contributed by atoms with van der Waals surface area (Å²) in [6.07, 6.45) is 2.23. The number of ether oxygens (including phenoxy) is 1. The van der Waals surface area contributed by atoms with Gasteiger partial charge in [-0.3, -0.25) is 0 Å². The minimum atomic E-state index is -0.0881. The monoisotopic (exact) mass is 344 g/mol. The highest BCUT2D eigenvalue weighted by molar-refractivity contribution is 6.30. The minimum absolute atomic E-state index is 0.0881. The molecule has 0 aliphatic carbocycles. The number of hydrogen-bond acceptors (Lipinski definition) is 1. The van der Waals surface area contributed by atoms with Gasteiger partial charge in [0, 0.05) is 10.6 Å². The first-order valence-corrected chi connectivity index (χ1v) is 9.15. The van der Waals surface area contributed by atoms with Crippen LogP contribution in [0.5, 0.6) is 5.75 Å². The lowest BCUT2D eigenvalue weighted by Crippen LogP contribution is -2.41. The lowest BCUT2D eigenvalue weighted by Gasteiger charge is -2.32. The molecule has 2 aromatic carbocycles. The summed E-state index contributed by atoms with van der Waals surface area (Å²) < 4.78 is 7.12. The van der Waals surface area contributed by atoms with Crippen LogP contribution >= 0.6 is 11.6 Å². The van der Waals surface area contributed by atoms with Crippen LogP contribution in [0.4, 0.5) is 0 Å². The van der Waals surface area contributed by atoms with Crippen LogP contribution in [0.3, 0.4) is 0 Å². The predicted octanol–water partition coefficient (Wildman–Crippen LogP) is 4.90. The first-order valence-electron chi connectivity index (χ1n) is 8.77. The number of nitrogens with zero attached hydrogens (tertiary/aromatic N) is 1. The Bertz CT molecular complexity index is 698. The van der Waals surface area contributed by atoms with Crippen LogP contribution in [0.2, 0.25) is 5.02 Å². The molecule has 0 bridgehead atoms. The van der Waals surface area contributed by atoms with E-state index in [9.17, 15) is 0 Å². The highest BCUT2D eigenvalue weighted by Gasteiger charge is 2.42. The standard InChI is InChI=1S/C21H27ClNO/c1-4-23(2,3)14-8-13-21(17-9-6-5-7-10-17)16-24-20-12-11-18(22)15-19(20)21/h5-7,9-12,15H,4,8,13-14,16H2,1-3H3/q+1. The molecule has 0 aromatic heterocycles. The lowest BCUT2D eigenvalue weighted by molar-refractivity contribution is -0.888. The van der Waals surface area contributed by atoms with Crippen molar-refractivity contribution in [2.45, 2.75) is 25.2 Å². The van der Waals surface area contributed by atoms with Gasteiger partial charge in [0.05, 0.1) is 32.6 Å². The maximum atomic E-state index is 6.31. The first kappa shape index (κ1) is 17.3. The fourth-order valence-electron chi connectivity index (χ4n) is 3.59. The van der Waals surface area contributed by atoms with Gasteiger partial charge in [0.2, 0.25) is 0 Å². The SMILES string of the molecule is CC[N+](C)(C)CCCC1(c2ccccc2)COc2ccc(Cl)cc21. The summed E-state index contributed by atoms with van der Waals surface area (Å²) in [5, 5.41) is 0.782. The number of hydrogen-bond donors (Lipinski definition) is 0. The van der Waals surface area contributed by atoms with Gasteiger partial charge in [-0.15, -0.1) is 0 Å². The maximum absolute atomic E-state index is 6.31. The van der Waals surface area contributed by atoms with Gasteiger partial charge in [-0.25, -0.2) is 0 Å². The molecule has 2 aromatic rings. The van der Waals surface area contributed by atoms with Crippen LogP contribution in [0.25, 0.3) is 0 Å². The molecule has 3 rings (SSSR count). The molecular weight excluding hydrogens is 318 g/mol. The van der Waals surface area contributed by atoms with Crippen LogP contribution in [0.1, 0.15) is 30.9 Å². The zero-order chi connectivity index (χ0) is 17.2. The van der Waals surface area contributed by atoms with E-state index in [0.717, 1.165) is 34.6 Å². The smallest absolute Gasteiger partial charge is 0.123 e. The zero-order valence-corrected chi connectivity index (χ0v) is 15.6. The predicted molar refractivity (Wildman–Crippen MR) is 101 cm³/mol. The normalized spacial score (nSPS) is 19.8. The Morgan fingerprint density at radius 3 is 2.58 bits per heavy atom. The van der Waals surface area contributed by atoms with E-state index in [4.69, 9.17) is 16.3 Å². The minimum Gasteiger partial charge on any atom is -0.492 e. The number of fused-ring (bicyclic) bond motifs is 1. The molecule has 0 fully saturated rings. The van der Waals surface area contributed by atoms with Crippen LogP contribution in [0, 0.1) is 0 Å². The van der Waals surface area contributed by atoms with E-state index in [0.29, 0.717) is 6.61 Å². The average Bonchev–Trinajstić information content (AvgIpc) is 2.95. The quantitative estimate of drug-likeness (QED) is 0.677. The summed E-state index contributed by atoms with van der Waals surface area (Å²) in [4.78, 5) is 0. The van der Waals surface area contributed by atoms with Gasteiger partial charge in [-0.05, 0) is 43.5 Å². The molecule has 1 atom stereocenters. The molecule has 1 aliphatic rings. The number of benzene rings is 2. The number of quaternary nitrogens is 1. The summed E-state index contributed by atoms with van der Waals surface area (Å²) >= 11 is 6.31. The molecule has 2 nitrogen and oxygen atoms in total. The van der Waals surface area contributed by atoms with Crippen LogP contribution in [0.15, 0.2) is 48.5 Å². The fourth-order valence-corrected chi connectivity index (χ4v) is 3.77. The van der Waals surface area contributed by atoms with Gasteiger partial charge in [0.25, 0.3) is 0 Å². The summed E-state index contributed by atoms with van der Waals surface area (Å²) in [5.74, 6) is 0.979. The molecule has 3 heteroatoms. The van der Waals surface area contributed by atoms with Gasteiger partial charge < -0.3 is 9.22 Å². The molecule has 1 unspecified atom stereocenters. The van der Waals surface area contributed by atoms with Gasteiger partial charge >= 0.3 is 0 Å². The van der Waals surface area contributed by atoms with Crippen molar-refractivity contribution in [1.29, 1.82) is 0 Å². The van der Waals surface area contributed by atoms with E-state index in [2.05, 4.69) is 57.4 Å². The Hall–Kier alpha value is -1.51. The Labute approximate surface area is 150 Å². The van der Waals surface area contributed by atoms with Gasteiger partial charge in [-0.2, -0.15) is 0 Å². The molecule has 0 radical (unpaired) electrons. The van der Waals surface area contributed by atoms with E-state index in [1.807, 2.05) is 12.1 Å². The van der Waals surface area contributed by atoms with Crippen molar-refractivity contribution in [3.8, 4) is 5.75 Å². The number of halogens is 1. The molecule has 0 saturated carbocycles. The van der Waals surface area contributed by atoms with Gasteiger partial charge in [0.1, 0.15) is 12.4 Å². The van der Waals surface area contributed by atoms with E-state index in [1.54, 1.807) is 0 Å². The molecule has 0 N–H and O–H groups in total. The second-order valence-electron chi connectivity index (χ2n) is 7.46. The number of rotatable bonds is 6. The van der Waals surface area contributed by atoms with Crippen molar-refractivity contribution in [1.82, 2.24) is 0 Å². The topological polar surface area (TPSA) is 9.23 Å². The van der Waals surface area contributed by atoms with E-state index < -0.39 is 0 Å². The molecule has 0 spiro atoms. The fraction of sp³-hybridized carbons (Fsp3) is 0.429. The third-order valence-corrected chi connectivity index (χ3v) is 5.72. The Morgan fingerprint density at radius 1 is 1.12 bits per heavy atom. The second kappa shape index (κ2) is 6.78. The van der Waals surface area contributed by atoms with E-state index in [-0.39, 0.29) is 5.41 Å². The largest absolute Gasteiger partial charge is 0.492 e. The third kappa shape index (κ3) is 3.31. The molecule has 0 amide bonds. The van der Waals surface area contributed by atoms with Crippen molar-refractivity contribution in [3.05, 3.63) is 64.7 Å². The summed E-state index contributed by atoms with van der Waals surface area (Å²) in [5.41, 5.74) is 2.48. The van der Waals surface area contributed by atoms with E-state index in [1.165, 1.54) is 17.7 Å². The van der Waals surface area contributed by atoms with Crippen LogP contribution in [-0.4, -0.2) is 38.3 Å². The molecule has 24 heavy (non-hydrogen) atoms. The highest BCUT2D eigenvalue weighted by Crippen LogP contribution is 2.47. The van der Waals surface area contributed by atoms with Crippen molar-refractivity contribution >= 4 is 11.6 Å². The van der Waals surface area contributed by atoms with Crippen LogP contribution < -0.4 is 4.74 Å². The van der Waals surface area contributed by atoms with Crippen molar-refractivity contribution in [3.63, 3.8) is 0 Å². The molecule has 0 saturated heterocycles. The molecule has 1 heterocycles. The summed E-state index contributed by atoms with van der Waals surface area (Å²) in [6, 6.07) is 16.8. The summed E-state index contributed by atoms with van der Waals surface area (Å²) in [7, 11) is 4.59.